The van der Waals surface area contributed by atoms with Crippen molar-refractivity contribution in [3.8, 4) is 0 Å². The number of pyridine rings is 1. The summed E-state index contributed by atoms with van der Waals surface area (Å²) in [6, 6.07) is 5.84. The third kappa shape index (κ3) is 3.78. The zero-order chi connectivity index (χ0) is 19.8. The average molecular weight is 393 g/mol. The predicted octanol–water partition coefficient (Wildman–Crippen LogP) is 2.73. The molecule has 2 aliphatic heterocycles. The second kappa shape index (κ2) is 7.28. The van der Waals surface area contributed by atoms with Crippen LogP contribution in [0.3, 0.4) is 0 Å². The first-order chi connectivity index (χ1) is 14.1. The van der Waals surface area contributed by atoms with Crippen molar-refractivity contribution < 1.29 is 9.59 Å². The Morgan fingerprint density at radius 2 is 2.17 bits per heavy atom. The van der Waals surface area contributed by atoms with Gasteiger partial charge in [0.2, 0.25) is 5.91 Å². The third-order valence-corrected chi connectivity index (χ3v) is 6.63. The predicted molar refractivity (Wildman–Crippen MR) is 107 cm³/mol. The highest BCUT2D eigenvalue weighted by atomic mass is 16.2. The summed E-state index contributed by atoms with van der Waals surface area (Å²) in [5.74, 6) is 0.773. The van der Waals surface area contributed by atoms with E-state index in [2.05, 4.69) is 15.2 Å². The summed E-state index contributed by atoms with van der Waals surface area (Å²) < 4.78 is 0. The normalized spacial score (nSPS) is 24.9. The fourth-order valence-corrected chi connectivity index (χ4v) is 4.88. The van der Waals surface area contributed by atoms with Crippen LogP contribution in [-0.2, 0) is 11.3 Å². The maximum atomic E-state index is 13.1. The minimum absolute atomic E-state index is 0.0142. The van der Waals surface area contributed by atoms with Crippen LogP contribution in [0, 0.1) is 5.41 Å². The van der Waals surface area contributed by atoms with Crippen LogP contribution < -0.4 is 0 Å². The van der Waals surface area contributed by atoms with Gasteiger partial charge in [-0.1, -0.05) is 6.07 Å². The molecular weight excluding hydrogens is 366 g/mol. The van der Waals surface area contributed by atoms with E-state index in [1.165, 1.54) is 12.8 Å². The van der Waals surface area contributed by atoms with Crippen molar-refractivity contribution in [1.82, 2.24) is 25.0 Å². The summed E-state index contributed by atoms with van der Waals surface area (Å²) in [5.41, 5.74) is 2.65. The molecule has 0 unspecified atom stereocenters. The first-order valence-corrected chi connectivity index (χ1v) is 10.6. The van der Waals surface area contributed by atoms with Crippen molar-refractivity contribution in [2.24, 2.45) is 5.41 Å². The van der Waals surface area contributed by atoms with Crippen molar-refractivity contribution in [1.29, 1.82) is 0 Å². The molecule has 4 heterocycles. The van der Waals surface area contributed by atoms with E-state index in [0.717, 1.165) is 37.1 Å². The molecule has 1 N–H and O–H groups in total. The molecule has 1 aliphatic carbocycles. The van der Waals surface area contributed by atoms with Crippen LogP contribution in [0.4, 0.5) is 0 Å². The third-order valence-electron chi connectivity index (χ3n) is 6.63. The number of rotatable bonds is 4. The van der Waals surface area contributed by atoms with Crippen molar-refractivity contribution in [3.05, 3.63) is 47.5 Å². The number of nitrogens with zero attached hydrogens (tertiary/aromatic N) is 4. The van der Waals surface area contributed by atoms with E-state index in [4.69, 9.17) is 0 Å². The molecule has 152 valence electrons. The molecule has 2 amide bonds. The molecule has 0 bridgehead atoms. The van der Waals surface area contributed by atoms with Crippen LogP contribution >= 0.6 is 0 Å². The Labute approximate surface area is 170 Å². The first kappa shape index (κ1) is 18.3. The van der Waals surface area contributed by atoms with Gasteiger partial charge in [-0.2, -0.15) is 5.10 Å². The van der Waals surface area contributed by atoms with Crippen molar-refractivity contribution in [2.45, 2.75) is 51.0 Å². The maximum absolute atomic E-state index is 13.1. The SMILES string of the molecule is O=C1CC[C@]2(CCCN(C(=O)c3cc(C4CC4)[nH]n3)C2)CN1Cc1cccnc1. The second-order valence-electron chi connectivity index (χ2n) is 8.92. The number of likely N-dealkylation sites (tertiary alicyclic amines) is 2. The molecule has 29 heavy (non-hydrogen) atoms. The van der Waals surface area contributed by atoms with Gasteiger partial charge in [0.15, 0.2) is 0 Å². The van der Waals surface area contributed by atoms with Crippen molar-refractivity contribution in [2.75, 3.05) is 19.6 Å². The molecule has 2 aromatic rings. The van der Waals surface area contributed by atoms with Crippen LogP contribution in [0.25, 0.3) is 0 Å². The van der Waals surface area contributed by atoms with E-state index in [1.54, 1.807) is 6.20 Å². The molecule has 3 aliphatic rings. The lowest BCUT2D eigenvalue weighted by Gasteiger charge is -2.48. The minimum atomic E-state index is -0.0142. The molecule has 5 rings (SSSR count). The van der Waals surface area contributed by atoms with Crippen LogP contribution in [0.1, 0.15) is 66.2 Å². The van der Waals surface area contributed by atoms with E-state index in [9.17, 15) is 9.59 Å². The van der Waals surface area contributed by atoms with Crippen LogP contribution in [0.5, 0.6) is 0 Å². The van der Waals surface area contributed by atoms with Crippen molar-refractivity contribution >= 4 is 11.8 Å². The average Bonchev–Trinajstić information content (AvgIpc) is 3.48. The standard InChI is InChI=1S/C22H27N5O2/c28-20-6-8-22(15-27(20)13-16-3-1-9-23-12-16)7-2-10-26(14-22)21(29)19-11-18(24-25-19)17-4-5-17/h1,3,9,11-12,17H,2,4-8,10,13-15H2,(H,24,25)/t22-/m0/s1. The molecule has 1 spiro atoms. The largest absolute Gasteiger partial charge is 0.338 e. The van der Waals surface area contributed by atoms with Crippen LogP contribution in [0.15, 0.2) is 30.6 Å². The first-order valence-electron chi connectivity index (χ1n) is 10.6. The Balaban J connectivity index is 1.29. The molecule has 3 fully saturated rings. The van der Waals surface area contributed by atoms with Gasteiger partial charge in [-0.25, -0.2) is 0 Å². The lowest BCUT2D eigenvalue weighted by Crippen LogP contribution is -2.54. The zero-order valence-corrected chi connectivity index (χ0v) is 16.6. The molecule has 1 saturated carbocycles. The number of hydrogen-bond acceptors (Lipinski definition) is 4. The number of carbonyl (C=O) groups excluding carboxylic acids is 2. The molecule has 7 heteroatoms. The van der Waals surface area contributed by atoms with Gasteiger partial charge in [-0.05, 0) is 49.8 Å². The van der Waals surface area contributed by atoms with E-state index < -0.39 is 0 Å². The summed E-state index contributed by atoms with van der Waals surface area (Å²) in [6.07, 6.45) is 9.37. The summed E-state index contributed by atoms with van der Waals surface area (Å²) in [6.45, 7) is 2.77. The topological polar surface area (TPSA) is 82.2 Å². The highest BCUT2D eigenvalue weighted by Crippen LogP contribution is 2.41. The summed E-state index contributed by atoms with van der Waals surface area (Å²) in [4.78, 5) is 33.7. The van der Waals surface area contributed by atoms with E-state index in [0.29, 0.717) is 37.7 Å². The number of nitrogens with one attached hydrogen (secondary N) is 1. The number of amides is 2. The fourth-order valence-electron chi connectivity index (χ4n) is 4.88. The Morgan fingerprint density at radius 3 is 2.97 bits per heavy atom. The molecule has 1 atom stereocenters. The lowest BCUT2D eigenvalue weighted by atomic mass is 9.73. The summed E-state index contributed by atoms with van der Waals surface area (Å²) in [5, 5.41) is 7.32. The quantitative estimate of drug-likeness (QED) is 0.866. The van der Waals surface area contributed by atoms with E-state index >= 15 is 0 Å². The fraction of sp³-hybridized carbons (Fsp3) is 0.545. The van der Waals surface area contributed by atoms with Gasteiger partial charge in [0.1, 0.15) is 5.69 Å². The number of hydrogen-bond donors (Lipinski definition) is 1. The lowest BCUT2D eigenvalue weighted by molar-refractivity contribution is -0.139. The van der Waals surface area contributed by atoms with Crippen LogP contribution in [0.2, 0.25) is 0 Å². The minimum Gasteiger partial charge on any atom is -0.338 e. The van der Waals surface area contributed by atoms with E-state index in [-0.39, 0.29) is 17.2 Å². The molecule has 7 nitrogen and oxygen atoms in total. The Kier molecular flexibility index (Phi) is 4.60. The van der Waals surface area contributed by atoms with E-state index in [1.807, 2.05) is 34.2 Å². The second-order valence-corrected chi connectivity index (χ2v) is 8.92. The van der Waals surface area contributed by atoms with Gasteiger partial charge < -0.3 is 9.80 Å². The maximum Gasteiger partial charge on any atom is 0.274 e. The molecule has 0 aromatic carbocycles. The van der Waals surface area contributed by atoms with Crippen LogP contribution in [-0.4, -0.2) is 56.4 Å². The van der Waals surface area contributed by atoms with Gasteiger partial charge in [-0.3, -0.25) is 19.7 Å². The number of H-pyrrole nitrogens is 1. The zero-order valence-electron chi connectivity index (χ0n) is 16.6. The van der Waals surface area contributed by atoms with Gasteiger partial charge >= 0.3 is 0 Å². The van der Waals surface area contributed by atoms with Gasteiger partial charge in [0.05, 0.1) is 0 Å². The number of piperidine rings is 2. The number of aromatic amines is 1. The Bertz CT molecular complexity index is 907. The molecular formula is C22H27N5O2. The van der Waals surface area contributed by atoms with Gasteiger partial charge in [-0.15, -0.1) is 0 Å². The van der Waals surface area contributed by atoms with Crippen molar-refractivity contribution in [3.63, 3.8) is 0 Å². The highest BCUT2D eigenvalue weighted by Gasteiger charge is 2.43. The highest BCUT2D eigenvalue weighted by molar-refractivity contribution is 5.92. The molecule has 2 aromatic heterocycles. The number of aromatic nitrogens is 3. The molecule has 0 radical (unpaired) electrons. The summed E-state index contributed by atoms with van der Waals surface area (Å²) >= 11 is 0. The number of carbonyl (C=O) groups is 2. The Hall–Kier alpha value is -2.70. The Morgan fingerprint density at radius 1 is 1.28 bits per heavy atom. The smallest absolute Gasteiger partial charge is 0.274 e. The van der Waals surface area contributed by atoms with Gasteiger partial charge in [0.25, 0.3) is 5.91 Å². The monoisotopic (exact) mass is 393 g/mol. The van der Waals surface area contributed by atoms with Gasteiger partial charge in [0, 0.05) is 62.0 Å². The molecule has 2 saturated heterocycles. The summed E-state index contributed by atoms with van der Waals surface area (Å²) in [7, 11) is 0.